The van der Waals surface area contributed by atoms with Gasteiger partial charge < -0.3 is 0 Å². The second-order valence-electron chi connectivity index (χ2n) is 4.81. The van der Waals surface area contributed by atoms with Gasteiger partial charge in [0.2, 0.25) is 10.0 Å². The largest absolute Gasteiger partial charge is 0.269 e. The smallest absolute Gasteiger partial charge is 0.257 e. The lowest BCUT2D eigenvalue weighted by Crippen LogP contribution is -2.30. The van der Waals surface area contributed by atoms with Gasteiger partial charge in [-0.05, 0) is 35.4 Å². The third-order valence-corrected chi connectivity index (χ3v) is 4.05. The van der Waals surface area contributed by atoms with Crippen LogP contribution in [0.3, 0.4) is 0 Å². The monoisotopic (exact) mass is 345 g/mol. The molecular formula is C16H12FN3O3S. The Balaban J connectivity index is 2.03. The van der Waals surface area contributed by atoms with E-state index in [-0.39, 0.29) is 0 Å². The minimum Gasteiger partial charge on any atom is -0.269 e. The standard InChI is InChI=1S/C16H12FN3O3S/c17-15-7-13(9-19-10-15)4-5-16(21)20-24(22,23)11-14-3-1-2-12(6-14)8-18/h1-7,9-10H,11H2,(H,20,21)/b5-4+. The molecule has 2 rings (SSSR count). The lowest BCUT2D eigenvalue weighted by Gasteiger charge is -2.05. The second kappa shape index (κ2) is 7.48. The molecule has 0 fully saturated rings. The molecule has 0 atom stereocenters. The van der Waals surface area contributed by atoms with Crippen molar-refractivity contribution in [3.8, 4) is 6.07 Å². The van der Waals surface area contributed by atoms with Gasteiger partial charge in [-0.3, -0.25) is 9.78 Å². The van der Waals surface area contributed by atoms with Gasteiger partial charge in [-0.25, -0.2) is 17.5 Å². The van der Waals surface area contributed by atoms with Crippen molar-refractivity contribution in [2.75, 3.05) is 0 Å². The summed E-state index contributed by atoms with van der Waals surface area (Å²) < 4.78 is 38.7. The molecule has 24 heavy (non-hydrogen) atoms. The van der Waals surface area contributed by atoms with E-state index in [0.717, 1.165) is 18.3 Å². The van der Waals surface area contributed by atoms with Gasteiger partial charge in [-0.2, -0.15) is 5.26 Å². The summed E-state index contributed by atoms with van der Waals surface area (Å²) in [6.07, 6.45) is 4.56. The Kier molecular flexibility index (Phi) is 5.39. The molecule has 0 aliphatic heterocycles. The first kappa shape index (κ1) is 17.3. The van der Waals surface area contributed by atoms with Crippen LogP contribution in [0.5, 0.6) is 0 Å². The molecule has 8 heteroatoms. The minimum absolute atomic E-state index is 0.323. The fourth-order valence-electron chi connectivity index (χ4n) is 1.86. The molecule has 0 radical (unpaired) electrons. The van der Waals surface area contributed by atoms with E-state index in [1.807, 2.05) is 10.8 Å². The fraction of sp³-hybridized carbons (Fsp3) is 0.0625. The van der Waals surface area contributed by atoms with Crippen molar-refractivity contribution in [3.63, 3.8) is 0 Å². The highest BCUT2D eigenvalue weighted by Gasteiger charge is 2.14. The molecule has 0 saturated heterocycles. The number of nitrogens with zero attached hydrogens (tertiary/aromatic N) is 2. The zero-order chi connectivity index (χ0) is 17.6. The first-order valence-electron chi connectivity index (χ1n) is 6.70. The van der Waals surface area contributed by atoms with Crippen LogP contribution < -0.4 is 4.72 Å². The quantitative estimate of drug-likeness (QED) is 0.832. The molecule has 0 spiro atoms. The molecule has 122 valence electrons. The molecule has 0 aliphatic carbocycles. The topological polar surface area (TPSA) is 99.9 Å². The van der Waals surface area contributed by atoms with Gasteiger partial charge >= 0.3 is 0 Å². The molecule has 2 aromatic rings. The van der Waals surface area contributed by atoms with E-state index in [4.69, 9.17) is 5.26 Å². The molecule has 6 nitrogen and oxygen atoms in total. The van der Waals surface area contributed by atoms with Crippen LogP contribution in [0, 0.1) is 17.1 Å². The summed E-state index contributed by atoms with van der Waals surface area (Å²) in [5.74, 6) is -1.87. The maximum Gasteiger partial charge on any atom is 0.257 e. The molecule has 1 amide bonds. The average Bonchev–Trinajstić information content (AvgIpc) is 2.52. The van der Waals surface area contributed by atoms with Crippen LogP contribution in [-0.2, 0) is 20.6 Å². The summed E-state index contributed by atoms with van der Waals surface area (Å²) in [6, 6.07) is 9.13. The Hall–Kier alpha value is -3.05. The highest BCUT2D eigenvalue weighted by atomic mass is 32.2. The number of hydrogen-bond acceptors (Lipinski definition) is 5. The van der Waals surface area contributed by atoms with E-state index >= 15 is 0 Å². The third-order valence-electron chi connectivity index (χ3n) is 2.82. The number of pyridine rings is 1. The summed E-state index contributed by atoms with van der Waals surface area (Å²) in [5, 5.41) is 8.79. The highest BCUT2D eigenvalue weighted by Crippen LogP contribution is 2.08. The number of carbonyl (C=O) groups is 1. The number of aromatic nitrogens is 1. The van der Waals surface area contributed by atoms with Crippen molar-refractivity contribution in [2.24, 2.45) is 0 Å². The maximum absolute atomic E-state index is 13.0. The zero-order valence-corrected chi connectivity index (χ0v) is 13.1. The van der Waals surface area contributed by atoms with E-state index in [1.54, 1.807) is 18.2 Å². The van der Waals surface area contributed by atoms with Crippen LogP contribution in [-0.4, -0.2) is 19.3 Å². The lowest BCUT2D eigenvalue weighted by atomic mass is 10.2. The number of hydrogen-bond donors (Lipinski definition) is 1. The summed E-state index contributed by atoms with van der Waals surface area (Å²) in [4.78, 5) is 15.3. The molecule has 0 saturated carbocycles. The Morgan fingerprint density at radius 1 is 1.33 bits per heavy atom. The average molecular weight is 345 g/mol. The van der Waals surface area contributed by atoms with Crippen molar-refractivity contribution in [3.05, 3.63) is 71.3 Å². The van der Waals surface area contributed by atoms with Gasteiger partial charge in [0.25, 0.3) is 5.91 Å². The van der Waals surface area contributed by atoms with Gasteiger partial charge in [-0.15, -0.1) is 0 Å². The summed E-state index contributed by atoms with van der Waals surface area (Å²) in [5.41, 5.74) is 1.03. The first-order valence-corrected chi connectivity index (χ1v) is 8.35. The molecule has 1 N–H and O–H groups in total. The van der Waals surface area contributed by atoms with Crippen molar-refractivity contribution < 1.29 is 17.6 Å². The first-order chi connectivity index (χ1) is 11.4. The highest BCUT2D eigenvalue weighted by molar-refractivity contribution is 7.89. The number of carbonyl (C=O) groups excluding carboxylic acids is 1. The van der Waals surface area contributed by atoms with Crippen LogP contribution >= 0.6 is 0 Å². The summed E-state index contributed by atoms with van der Waals surface area (Å²) >= 11 is 0. The van der Waals surface area contributed by atoms with Crippen molar-refractivity contribution in [2.45, 2.75) is 5.75 Å². The molecule has 1 heterocycles. The summed E-state index contributed by atoms with van der Waals surface area (Å²) in [7, 11) is -3.92. The summed E-state index contributed by atoms with van der Waals surface area (Å²) in [6.45, 7) is 0. The molecule has 0 unspecified atom stereocenters. The number of rotatable bonds is 5. The molecular weight excluding hydrogens is 333 g/mol. The predicted molar refractivity (Wildman–Crippen MR) is 85.2 cm³/mol. The van der Waals surface area contributed by atoms with Crippen molar-refractivity contribution in [1.29, 1.82) is 5.26 Å². The van der Waals surface area contributed by atoms with Gasteiger partial charge in [0, 0.05) is 12.3 Å². The van der Waals surface area contributed by atoms with E-state index in [2.05, 4.69) is 4.98 Å². The van der Waals surface area contributed by atoms with E-state index in [9.17, 15) is 17.6 Å². The third kappa shape index (κ3) is 5.30. The van der Waals surface area contributed by atoms with E-state index in [0.29, 0.717) is 16.7 Å². The zero-order valence-electron chi connectivity index (χ0n) is 12.3. The van der Waals surface area contributed by atoms with E-state index < -0.39 is 27.5 Å². The molecule has 1 aromatic carbocycles. The SMILES string of the molecule is N#Cc1cccc(CS(=O)(=O)NC(=O)/C=C/c2cncc(F)c2)c1. The Bertz CT molecular complexity index is 934. The van der Waals surface area contributed by atoms with Gasteiger partial charge in [0.1, 0.15) is 5.82 Å². The van der Waals surface area contributed by atoms with Gasteiger partial charge in [0.05, 0.1) is 23.6 Å². The van der Waals surface area contributed by atoms with Gasteiger partial charge in [0.15, 0.2) is 0 Å². The molecule has 0 bridgehead atoms. The molecule has 1 aromatic heterocycles. The fourth-order valence-corrected chi connectivity index (χ4v) is 2.93. The predicted octanol–water partition coefficient (Wildman–Crippen LogP) is 1.75. The lowest BCUT2D eigenvalue weighted by molar-refractivity contribution is -0.114. The van der Waals surface area contributed by atoms with Crippen LogP contribution in [0.15, 0.2) is 48.8 Å². The van der Waals surface area contributed by atoms with Crippen LogP contribution in [0.25, 0.3) is 6.08 Å². The van der Waals surface area contributed by atoms with Crippen LogP contribution in [0.4, 0.5) is 4.39 Å². The normalized spacial score (nSPS) is 11.2. The number of halogens is 1. The Labute approximate surface area is 138 Å². The number of nitriles is 1. The van der Waals surface area contributed by atoms with E-state index in [1.165, 1.54) is 18.3 Å². The van der Waals surface area contributed by atoms with Crippen molar-refractivity contribution >= 4 is 22.0 Å². The van der Waals surface area contributed by atoms with Crippen LogP contribution in [0.2, 0.25) is 0 Å². The Morgan fingerprint density at radius 3 is 2.83 bits per heavy atom. The van der Waals surface area contributed by atoms with Crippen molar-refractivity contribution in [1.82, 2.24) is 9.71 Å². The number of benzene rings is 1. The number of sulfonamides is 1. The second-order valence-corrected chi connectivity index (χ2v) is 6.53. The van der Waals surface area contributed by atoms with Crippen LogP contribution in [0.1, 0.15) is 16.7 Å². The molecule has 0 aliphatic rings. The maximum atomic E-state index is 13.0. The Morgan fingerprint density at radius 2 is 2.12 bits per heavy atom. The van der Waals surface area contributed by atoms with Gasteiger partial charge in [-0.1, -0.05) is 12.1 Å². The number of nitrogens with one attached hydrogen (secondary N) is 1. The number of amides is 1. The minimum atomic E-state index is -3.92.